The second kappa shape index (κ2) is 11.3. The van der Waals surface area contributed by atoms with Gasteiger partial charge in [-0.1, -0.05) is 36.4 Å². The number of benzene rings is 2. The van der Waals surface area contributed by atoms with Crippen molar-refractivity contribution in [2.75, 3.05) is 25.6 Å². The lowest BCUT2D eigenvalue weighted by Gasteiger charge is -2.11. The molecule has 0 saturated heterocycles. The number of hydrogen-bond acceptors (Lipinski definition) is 6. The maximum Gasteiger partial charge on any atom is 0.341 e. The number of amides is 1. The van der Waals surface area contributed by atoms with Gasteiger partial charge in [-0.3, -0.25) is 4.79 Å². The number of carbonyl (C=O) groups excluding carboxylic acids is 2. The fourth-order valence-corrected chi connectivity index (χ4v) is 4.45. The molecule has 2 aromatic carbocycles. The maximum absolute atomic E-state index is 12.7. The molecule has 1 amide bonds. The Hall–Kier alpha value is -3.58. The predicted molar refractivity (Wildman–Crippen MR) is 132 cm³/mol. The summed E-state index contributed by atoms with van der Waals surface area (Å²) in [5, 5.41) is 3.29. The van der Waals surface area contributed by atoms with Gasteiger partial charge in [0.25, 0.3) is 0 Å². The fraction of sp³-hybridized carbons (Fsp3) is 0.231. The number of anilines is 1. The quantitative estimate of drug-likeness (QED) is 0.312. The number of ether oxygens (including phenoxy) is 3. The summed E-state index contributed by atoms with van der Waals surface area (Å²) < 4.78 is 16.2. The van der Waals surface area contributed by atoms with Gasteiger partial charge in [0.1, 0.15) is 10.6 Å². The van der Waals surface area contributed by atoms with E-state index >= 15 is 0 Å². The summed E-state index contributed by atoms with van der Waals surface area (Å²) in [4.78, 5) is 26.2. The molecule has 0 fully saturated rings. The minimum absolute atomic E-state index is 0.354. The molecule has 0 unspecified atom stereocenters. The highest BCUT2D eigenvalue weighted by atomic mass is 32.1. The Bertz CT molecular complexity index is 1150. The Morgan fingerprint density at radius 3 is 2.36 bits per heavy atom. The Labute approximate surface area is 197 Å². The van der Waals surface area contributed by atoms with Crippen LogP contribution >= 0.6 is 11.3 Å². The van der Waals surface area contributed by atoms with Crippen LogP contribution in [0.15, 0.2) is 54.6 Å². The van der Waals surface area contributed by atoms with Crippen molar-refractivity contribution in [3.05, 3.63) is 70.6 Å². The minimum Gasteiger partial charge on any atom is -0.490 e. The standard InChI is InChI=1S/C26H27NO5S/c1-5-31-20-14-12-18(16-21(20)32-6-2)13-15-22(28)27-25-24(26(29)30-4)23(17(3)33-25)19-10-8-7-9-11-19/h7-16H,5-6H2,1-4H3,(H,27,28). The Morgan fingerprint density at radius 1 is 1.00 bits per heavy atom. The van der Waals surface area contributed by atoms with E-state index in [4.69, 9.17) is 14.2 Å². The van der Waals surface area contributed by atoms with E-state index in [1.165, 1.54) is 24.5 Å². The molecule has 33 heavy (non-hydrogen) atoms. The third-order valence-electron chi connectivity index (χ3n) is 4.77. The fourth-order valence-electron chi connectivity index (χ4n) is 3.38. The van der Waals surface area contributed by atoms with Crippen molar-refractivity contribution in [3.63, 3.8) is 0 Å². The van der Waals surface area contributed by atoms with Gasteiger partial charge in [0, 0.05) is 16.5 Å². The molecule has 6 nitrogen and oxygen atoms in total. The first-order valence-corrected chi connectivity index (χ1v) is 11.5. The highest BCUT2D eigenvalue weighted by Gasteiger charge is 2.24. The van der Waals surface area contributed by atoms with E-state index < -0.39 is 5.97 Å². The Morgan fingerprint density at radius 2 is 1.70 bits per heavy atom. The third-order valence-corrected chi connectivity index (χ3v) is 5.79. The van der Waals surface area contributed by atoms with Crippen LogP contribution in [0.2, 0.25) is 0 Å². The molecular formula is C26H27NO5S. The number of hydrogen-bond donors (Lipinski definition) is 1. The average molecular weight is 466 g/mol. The van der Waals surface area contributed by atoms with Gasteiger partial charge in [0.15, 0.2) is 11.5 Å². The van der Waals surface area contributed by atoms with Gasteiger partial charge in [-0.15, -0.1) is 11.3 Å². The average Bonchev–Trinajstić information content (AvgIpc) is 3.14. The molecule has 0 atom stereocenters. The maximum atomic E-state index is 12.7. The van der Waals surface area contributed by atoms with Crippen LogP contribution < -0.4 is 14.8 Å². The lowest BCUT2D eigenvalue weighted by Crippen LogP contribution is -2.11. The summed E-state index contributed by atoms with van der Waals surface area (Å²) in [6.45, 7) is 6.76. The number of rotatable bonds is 9. The minimum atomic E-state index is -0.495. The van der Waals surface area contributed by atoms with Gasteiger partial charge >= 0.3 is 5.97 Å². The van der Waals surface area contributed by atoms with E-state index in [9.17, 15) is 9.59 Å². The van der Waals surface area contributed by atoms with E-state index in [2.05, 4.69) is 5.32 Å². The summed E-state index contributed by atoms with van der Waals surface area (Å²) in [7, 11) is 1.33. The summed E-state index contributed by atoms with van der Waals surface area (Å²) >= 11 is 1.34. The largest absolute Gasteiger partial charge is 0.490 e. The summed E-state index contributed by atoms with van der Waals surface area (Å²) in [5.41, 5.74) is 2.80. The molecule has 0 radical (unpaired) electrons. The highest BCUT2D eigenvalue weighted by Crippen LogP contribution is 2.40. The van der Waals surface area contributed by atoms with Crippen molar-refractivity contribution < 1.29 is 23.8 Å². The van der Waals surface area contributed by atoms with Crippen LogP contribution in [-0.2, 0) is 9.53 Å². The normalized spacial score (nSPS) is 10.8. The van der Waals surface area contributed by atoms with Crippen LogP contribution in [0.4, 0.5) is 5.00 Å². The number of nitrogens with one attached hydrogen (secondary N) is 1. The summed E-state index contributed by atoms with van der Waals surface area (Å²) in [6.07, 6.45) is 3.10. The molecule has 0 aliphatic rings. The van der Waals surface area contributed by atoms with E-state index in [1.807, 2.05) is 69.3 Å². The van der Waals surface area contributed by atoms with Crippen LogP contribution in [-0.4, -0.2) is 32.2 Å². The van der Waals surface area contributed by atoms with Gasteiger partial charge in [-0.05, 0) is 50.1 Å². The lowest BCUT2D eigenvalue weighted by molar-refractivity contribution is -0.111. The Balaban J connectivity index is 1.85. The molecule has 0 bridgehead atoms. The van der Waals surface area contributed by atoms with Gasteiger partial charge in [-0.2, -0.15) is 0 Å². The second-order valence-corrected chi connectivity index (χ2v) is 8.21. The molecule has 0 aliphatic heterocycles. The van der Waals surface area contributed by atoms with Gasteiger partial charge in [-0.25, -0.2) is 4.79 Å². The highest BCUT2D eigenvalue weighted by molar-refractivity contribution is 7.17. The summed E-state index contributed by atoms with van der Waals surface area (Å²) in [5.74, 6) is 0.431. The predicted octanol–water partition coefficient (Wildman–Crippen LogP) is 5.96. The first-order chi connectivity index (χ1) is 16.0. The van der Waals surface area contributed by atoms with Crippen LogP contribution in [0.3, 0.4) is 0 Å². The number of methoxy groups -OCH3 is 1. The molecule has 172 valence electrons. The molecule has 0 aliphatic carbocycles. The Kier molecular flexibility index (Phi) is 8.27. The molecule has 0 saturated carbocycles. The van der Waals surface area contributed by atoms with E-state index in [0.29, 0.717) is 35.3 Å². The topological polar surface area (TPSA) is 73.9 Å². The zero-order valence-corrected chi connectivity index (χ0v) is 20.0. The molecule has 1 aromatic heterocycles. The molecule has 3 rings (SSSR count). The first-order valence-electron chi connectivity index (χ1n) is 10.6. The smallest absolute Gasteiger partial charge is 0.341 e. The zero-order valence-electron chi connectivity index (χ0n) is 19.1. The van der Waals surface area contributed by atoms with Crippen LogP contribution in [0, 0.1) is 6.92 Å². The zero-order chi connectivity index (χ0) is 23.8. The van der Waals surface area contributed by atoms with Crippen molar-refractivity contribution in [2.45, 2.75) is 20.8 Å². The second-order valence-electron chi connectivity index (χ2n) is 6.99. The van der Waals surface area contributed by atoms with Gasteiger partial charge in [0.2, 0.25) is 5.91 Å². The molecule has 3 aromatic rings. The molecular weight excluding hydrogens is 438 g/mol. The first kappa shape index (κ1) is 24.1. The third kappa shape index (κ3) is 5.81. The van der Waals surface area contributed by atoms with Crippen LogP contribution in [0.25, 0.3) is 17.2 Å². The molecule has 1 heterocycles. The monoisotopic (exact) mass is 465 g/mol. The van der Waals surface area contributed by atoms with Crippen LogP contribution in [0.5, 0.6) is 11.5 Å². The van der Waals surface area contributed by atoms with Crippen LogP contribution in [0.1, 0.15) is 34.6 Å². The molecule has 7 heteroatoms. The summed E-state index contributed by atoms with van der Waals surface area (Å²) in [6, 6.07) is 15.1. The van der Waals surface area contributed by atoms with Crippen molar-refractivity contribution in [1.82, 2.24) is 0 Å². The molecule has 0 spiro atoms. The molecule has 1 N–H and O–H groups in total. The lowest BCUT2D eigenvalue weighted by atomic mass is 10.0. The van der Waals surface area contributed by atoms with Crippen molar-refractivity contribution in [1.29, 1.82) is 0 Å². The number of esters is 1. The SMILES string of the molecule is CCOc1ccc(C=CC(=O)Nc2sc(C)c(-c3ccccc3)c2C(=O)OC)cc1OCC. The number of thiophene rings is 1. The number of carbonyl (C=O) groups is 2. The van der Waals surface area contributed by atoms with Gasteiger partial charge in [0.05, 0.1) is 20.3 Å². The van der Waals surface area contributed by atoms with E-state index in [-0.39, 0.29) is 5.91 Å². The number of aryl methyl sites for hydroxylation is 1. The van der Waals surface area contributed by atoms with Crippen molar-refractivity contribution in [3.8, 4) is 22.6 Å². The van der Waals surface area contributed by atoms with Crippen molar-refractivity contribution in [2.24, 2.45) is 0 Å². The van der Waals surface area contributed by atoms with E-state index in [1.54, 1.807) is 6.08 Å². The van der Waals surface area contributed by atoms with Crippen molar-refractivity contribution >= 4 is 34.3 Å². The van der Waals surface area contributed by atoms with E-state index in [0.717, 1.165) is 21.6 Å². The van der Waals surface area contributed by atoms with Gasteiger partial charge < -0.3 is 19.5 Å².